The third kappa shape index (κ3) is 2.29. The Hall–Kier alpha value is -2.95. The maximum absolute atomic E-state index is 12.3. The Kier molecular flexibility index (Phi) is 3.01. The van der Waals surface area contributed by atoms with Gasteiger partial charge in [-0.15, -0.1) is 0 Å². The van der Waals surface area contributed by atoms with Crippen LogP contribution < -0.4 is 11.1 Å². The van der Waals surface area contributed by atoms with Crippen LogP contribution in [0, 0.1) is 0 Å². The van der Waals surface area contributed by atoms with Gasteiger partial charge >= 0.3 is 0 Å². The summed E-state index contributed by atoms with van der Waals surface area (Å²) in [5, 5.41) is 4.45. The number of rotatable bonds is 2. The number of hydrogen-bond donors (Lipinski definition) is 2. The minimum absolute atomic E-state index is 0.258. The average Bonchev–Trinajstić information content (AvgIpc) is 2.47. The fourth-order valence-corrected chi connectivity index (χ4v) is 2.00. The molecule has 0 saturated heterocycles. The van der Waals surface area contributed by atoms with E-state index >= 15 is 0 Å². The van der Waals surface area contributed by atoms with Gasteiger partial charge in [-0.1, -0.05) is 0 Å². The lowest BCUT2D eigenvalue weighted by Crippen LogP contribution is -2.14. The number of carbonyl (C=O) groups excluding carboxylic acids is 1. The van der Waals surface area contributed by atoms with E-state index in [9.17, 15) is 4.79 Å². The molecule has 0 spiro atoms. The smallest absolute Gasteiger partial charge is 0.274 e. The van der Waals surface area contributed by atoms with Crippen LogP contribution in [0.1, 0.15) is 10.5 Å². The fourth-order valence-electron chi connectivity index (χ4n) is 2.00. The van der Waals surface area contributed by atoms with Gasteiger partial charge in [0.05, 0.1) is 0 Å². The molecule has 0 aliphatic heterocycles. The van der Waals surface area contributed by atoms with Crippen LogP contribution in [-0.2, 0) is 0 Å². The fraction of sp³-hybridized carbons (Fsp3) is 0. The molecule has 3 N–H and O–H groups in total. The zero-order valence-corrected chi connectivity index (χ0v) is 10.6. The number of nitrogens with two attached hydrogens (primary N) is 1. The predicted molar refractivity (Wildman–Crippen MR) is 78.3 cm³/mol. The highest BCUT2D eigenvalue weighted by atomic mass is 16.1. The van der Waals surface area contributed by atoms with Crippen molar-refractivity contribution >= 4 is 28.1 Å². The third-order valence-corrected chi connectivity index (χ3v) is 2.94. The second-order valence-corrected chi connectivity index (χ2v) is 4.33. The molecule has 3 rings (SSSR count). The van der Waals surface area contributed by atoms with Gasteiger partial charge in [-0.05, 0) is 41.8 Å². The first kappa shape index (κ1) is 12.1. The van der Waals surface area contributed by atoms with Crippen molar-refractivity contribution in [2.24, 2.45) is 0 Å². The lowest BCUT2D eigenvalue weighted by molar-refractivity contribution is 0.102. The first-order valence-corrected chi connectivity index (χ1v) is 6.10. The molecule has 0 unspecified atom stereocenters. The van der Waals surface area contributed by atoms with Crippen molar-refractivity contribution in [1.82, 2.24) is 9.97 Å². The topological polar surface area (TPSA) is 80.9 Å². The molecule has 98 valence electrons. The Bertz CT molecular complexity index is 771. The van der Waals surface area contributed by atoms with E-state index in [0.29, 0.717) is 17.1 Å². The summed E-state index contributed by atoms with van der Waals surface area (Å²) in [6.07, 6.45) is 4.84. The second-order valence-electron chi connectivity index (χ2n) is 4.33. The van der Waals surface area contributed by atoms with Crippen molar-refractivity contribution in [2.75, 3.05) is 11.1 Å². The van der Waals surface area contributed by atoms with E-state index in [1.807, 2.05) is 12.1 Å². The molecule has 0 atom stereocenters. The Labute approximate surface area is 115 Å². The number of carbonyl (C=O) groups is 1. The van der Waals surface area contributed by atoms with E-state index in [0.717, 1.165) is 10.8 Å². The summed E-state index contributed by atoms with van der Waals surface area (Å²) in [5.74, 6) is -0.258. The lowest BCUT2D eigenvalue weighted by atomic mass is 10.1. The van der Waals surface area contributed by atoms with Gasteiger partial charge in [-0.25, -0.2) is 0 Å². The Morgan fingerprint density at radius 2 is 1.85 bits per heavy atom. The zero-order chi connectivity index (χ0) is 13.9. The van der Waals surface area contributed by atoms with E-state index < -0.39 is 0 Å². The molecule has 0 aliphatic rings. The average molecular weight is 264 g/mol. The standard InChI is InChI=1S/C15H12N4O/c16-11-1-2-13-10(9-11)3-8-18-14(13)15(20)19-12-4-6-17-7-5-12/h1-9H,16H2,(H,17,19,20). The van der Waals surface area contributed by atoms with Crippen LogP contribution in [0.4, 0.5) is 11.4 Å². The van der Waals surface area contributed by atoms with E-state index in [1.54, 1.807) is 42.9 Å². The molecule has 0 fully saturated rings. The summed E-state index contributed by atoms with van der Waals surface area (Å²) < 4.78 is 0. The largest absolute Gasteiger partial charge is 0.399 e. The van der Waals surface area contributed by atoms with Gasteiger partial charge in [0.2, 0.25) is 0 Å². The molecular formula is C15H12N4O. The molecule has 0 aliphatic carbocycles. The summed E-state index contributed by atoms with van der Waals surface area (Å²) in [6.45, 7) is 0. The Morgan fingerprint density at radius 1 is 1.05 bits per heavy atom. The molecule has 3 aromatic rings. The Balaban J connectivity index is 2.00. The Morgan fingerprint density at radius 3 is 2.65 bits per heavy atom. The number of benzene rings is 1. The minimum atomic E-state index is -0.258. The molecule has 1 aromatic carbocycles. The number of amides is 1. The number of nitrogen functional groups attached to an aromatic ring is 1. The van der Waals surface area contributed by atoms with Gasteiger partial charge in [0.15, 0.2) is 0 Å². The minimum Gasteiger partial charge on any atom is -0.399 e. The van der Waals surface area contributed by atoms with Crippen LogP contribution in [0.15, 0.2) is 55.0 Å². The monoisotopic (exact) mass is 264 g/mol. The highest BCUT2D eigenvalue weighted by Gasteiger charge is 2.11. The molecule has 0 radical (unpaired) electrons. The predicted octanol–water partition coefficient (Wildman–Crippen LogP) is 2.46. The second kappa shape index (κ2) is 4.97. The van der Waals surface area contributed by atoms with E-state index in [-0.39, 0.29) is 5.91 Å². The highest BCUT2D eigenvalue weighted by molar-refractivity contribution is 6.11. The van der Waals surface area contributed by atoms with Crippen LogP contribution in [0.3, 0.4) is 0 Å². The van der Waals surface area contributed by atoms with Gasteiger partial charge in [-0.3, -0.25) is 14.8 Å². The number of pyridine rings is 2. The lowest BCUT2D eigenvalue weighted by Gasteiger charge is -2.07. The summed E-state index contributed by atoms with van der Waals surface area (Å²) in [7, 11) is 0. The van der Waals surface area contributed by atoms with Gasteiger partial charge in [0.1, 0.15) is 5.69 Å². The van der Waals surface area contributed by atoms with Crippen LogP contribution in [0.2, 0.25) is 0 Å². The van der Waals surface area contributed by atoms with Crippen LogP contribution in [0.5, 0.6) is 0 Å². The molecular weight excluding hydrogens is 252 g/mol. The maximum atomic E-state index is 12.3. The van der Waals surface area contributed by atoms with Crippen molar-refractivity contribution in [2.45, 2.75) is 0 Å². The summed E-state index contributed by atoms with van der Waals surface area (Å²) >= 11 is 0. The maximum Gasteiger partial charge on any atom is 0.274 e. The summed E-state index contributed by atoms with van der Waals surface area (Å²) in [4.78, 5) is 20.4. The molecule has 20 heavy (non-hydrogen) atoms. The van der Waals surface area contributed by atoms with Crippen LogP contribution >= 0.6 is 0 Å². The third-order valence-electron chi connectivity index (χ3n) is 2.94. The number of nitrogens with zero attached hydrogens (tertiary/aromatic N) is 2. The normalized spacial score (nSPS) is 10.4. The number of anilines is 2. The number of fused-ring (bicyclic) bond motifs is 1. The van der Waals surface area contributed by atoms with Crippen molar-refractivity contribution in [1.29, 1.82) is 0 Å². The van der Waals surface area contributed by atoms with Crippen molar-refractivity contribution in [3.05, 3.63) is 60.7 Å². The number of aromatic nitrogens is 2. The van der Waals surface area contributed by atoms with Crippen molar-refractivity contribution in [3.8, 4) is 0 Å². The molecule has 0 bridgehead atoms. The molecule has 5 heteroatoms. The SMILES string of the molecule is Nc1ccc2c(C(=O)Nc3ccncc3)nccc2c1. The van der Waals surface area contributed by atoms with Gasteiger partial charge < -0.3 is 11.1 Å². The van der Waals surface area contributed by atoms with Crippen molar-refractivity contribution < 1.29 is 4.79 Å². The first-order valence-electron chi connectivity index (χ1n) is 6.10. The van der Waals surface area contributed by atoms with Crippen LogP contribution in [0.25, 0.3) is 10.8 Å². The van der Waals surface area contributed by atoms with Gasteiger partial charge in [0.25, 0.3) is 5.91 Å². The first-order chi connectivity index (χ1) is 9.74. The van der Waals surface area contributed by atoms with Gasteiger partial charge in [0, 0.05) is 35.4 Å². The van der Waals surface area contributed by atoms with Crippen LogP contribution in [-0.4, -0.2) is 15.9 Å². The van der Waals surface area contributed by atoms with E-state index in [4.69, 9.17) is 5.73 Å². The summed E-state index contributed by atoms with van der Waals surface area (Å²) in [6, 6.07) is 10.7. The highest BCUT2D eigenvalue weighted by Crippen LogP contribution is 2.20. The number of nitrogens with one attached hydrogen (secondary N) is 1. The molecule has 0 saturated carbocycles. The van der Waals surface area contributed by atoms with E-state index in [1.165, 1.54) is 0 Å². The number of hydrogen-bond acceptors (Lipinski definition) is 4. The van der Waals surface area contributed by atoms with Gasteiger partial charge in [-0.2, -0.15) is 0 Å². The van der Waals surface area contributed by atoms with Crippen molar-refractivity contribution in [3.63, 3.8) is 0 Å². The van der Waals surface area contributed by atoms with E-state index in [2.05, 4.69) is 15.3 Å². The molecule has 2 heterocycles. The zero-order valence-electron chi connectivity index (χ0n) is 10.6. The molecule has 2 aromatic heterocycles. The summed E-state index contributed by atoms with van der Waals surface area (Å²) in [5.41, 5.74) is 7.46. The molecule has 1 amide bonds. The molecule has 5 nitrogen and oxygen atoms in total. The quantitative estimate of drug-likeness (QED) is 0.697.